The van der Waals surface area contributed by atoms with Crippen molar-refractivity contribution in [3.8, 4) is 0 Å². The van der Waals surface area contributed by atoms with Crippen LogP contribution in [0.2, 0.25) is 0 Å². The maximum atomic E-state index is 13.7. The fourth-order valence-corrected chi connectivity index (χ4v) is 2.22. The largest absolute Gasteiger partial charge is 0.359 e. The van der Waals surface area contributed by atoms with Crippen molar-refractivity contribution in [2.45, 2.75) is 46.2 Å². The van der Waals surface area contributed by atoms with Crippen molar-refractivity contribution in [2.75, 3.05) is 7.05 Å². The third-order valence-corrected chi connectivity index (χ3v) is 3.87. The molecule has 0 fully saturated rings. The minimum Gasteiger partial charge on any atom is -0.359 e. The van der Waals surface area contributed by atoms with Crippen LogP contribution in [-0.4, -0.2) is 18.2 Å². The van der Waals surface area contributed by atoms with Crippen molar-refractivity contribution in [2.24, 2.45) is 4.99 Å². The second-order valence-electron chi connectivity index (χ2n) is 6.17. The molecule has 25 heavy (non-hydrogen) atoms. The van der Waals surface area contributed by atoms with Crippen LogP contribution in [0.5, 0.6) is 0 Å². The van der Waals surface area contributed by atoms with Gasteiger partial charge < -0.3 is 15.2 Å². The summed E-state index contributed by atoms with van der Waals surface area (Å²) in [6, 6.07) is 7.10. The van der Waals surface area contributed by atoms with Gasteiger partial charge in [-0.3, -0.25) is 4.99 Å². The molecule has 0 aliphatic rings. The molecule has 1 atom stereocenters. The van der Waals surface area contributed by atoms with Gasteiger partial charge in [-0.15, -0.1) is 24.0 Å². The lowest BCUT2D eigenvalue weighted by molar-refractivity contribution is 0.371. The van der Waals surface area contributed by atoms with E-state index in [2.05, 4.69) is 34.6 Å². The van der Waals surface area contributed by atoms with E-state index in [1.165, 1.54) is 0 Å². The number of hydrogen-bond acceptors (Lipinski definition) is 3. The summed E-state index contributed by atoms with van der Waals surface area (Å²) in [5.74, 6) is 1.49. The van der Waals surface area contributed by atoms with Gasteiger partial charge in [0.15, 0.2) is 11.7 Å². The van der Waals surface area contributed by atoms with Gasteiger partial charge in [-0.2, -0.15) is 0 Å². The molecule has 0 spiro atoms. The molecule has 1 aromatic carbocycles. The standard InChI is InChI=1S/C18H25FN4O.HI/c1-11(2)17-9-15(24-23-17)10-21-18(20-5)22-13(4)14-7-6-12(3)16(19)8-14;/h6-9,11,13H,10H2,1-5H3,(H2,20,21,22);1H. The Morgan fingerprint density at radius 2 is 2.00 bits per heavy atom. The van der Waals surface area contributed by atoms with Crippen molar-refractivity contribution in [3.63, 3.8) is 0 Å². The van der Waals surface area contributed by atoms with Gasteiger partial charge in [-0.1, -0.05) is 31.1 Å². The Bertz CT molecular complexity index is 715. The Labute approximate surface area is 165 Å². The number of rotatable bonds is 5. The van der Waals surface area contributed by atoms with Crippen LogP contribution in [0.1, 0.15) is 55.3 Å². The molecule has 1 aromatic heterocycles. The van der Waals surface area contributed by atoms with E-state index >= 15 is 0 Å². The third kappa shape index (κ3) is 5.98. The highest BCUT2D eigenvalue weighted by molar-refractivity contribution is 14.0. The van der Waals surface area contributed by atoms with Gasteiger partial charge in [0.1, 0.15) is 5.82 Å². The first-order valence-corrected chi connectivity index (χ1v) is 8.09. The normalized spacial score (nSPS) is 12.7. The third-order valence-electron chi connectivity index (χ3n) is 3.87. The van der Waals surface area contributed by atoms with Gasteiger partial charge in [-0.25, -0.2) is 4.39 Å². The molecule has 0 bridgehead atoms. The van der Waals surface area contributed by atoms with E-state index in [4.69, 9.17) is 4.52 Å². The average molecular weight is 460 g/mol. The van der Waals surface area contributed by atoms with Crippen LogP contribution in [0.4, 0.5) is 4.39 Å². The topological polar surface area (TPSA) is 62.5 Å². The predicted molar refractivity (Wildman–Crippen MR) is 109 cm³/mol. The average Bonchev–Trinajstić information content (AvgIpc) is 3.03. The van der Waals surface area contributed by atoms with Crippen LogP contribution in [-0.2, 0) is 6.54 Å². The first-order valence-electron chi connectivity index (χ1n) is 8.09. The van der Waals surface area contributed by atoms with Crippen LogP contribution in [0.25, 0.3) is 0 Å². The molecule has 0 aliphatic heterocycles. The highest BCUT2D eigenvalue weighted by Crippen LogP contribution is 2.16. The summed E-state index contributed by atoms with van der Waals surface area (Å²) in [4.78, 5) is 4.19. The Kier molecular flexibility index (Phi) is 8.34. The van der Waals surface area contributed by atoms with Crippen LogP contribution in [0.15, 0.2) is 33.8 Å². The van der Waals surface area contributed by atoms with Gasteiger partial charge in [0.25, 0.3) is 0 Å². The molecule has 1 heterocycles. The molecular formula is C18H26FIN4O. The molecule has 7 heteroatoms. The molecule has 5 nitrogen and oxygen atoms in total. The molecule has 2 rings (SSSR count). The lowest BCUT2D eigenvalue weighted by Gasteiger charge is -2.18. The van der Waals surface area contributed by atoms with Crippen LogP contribution in [0.3, 0.4) is 0 Å². The molecule has 138 valence electrons. The van der Waals surface area contributed by atoms with Gasteiger partial charge >= 0.3 is 0 Å². The van der Waals surface area contributed by atoms with Crippen LogP contribution < -0.4 is 10.6 Å². The summed E-state index contributed by atoms with van der Waals surface area (Å²) < 4.78 is 19.0. The van der Waals surface area contributed by atoms with E-state index in [0.29, 0.717) is 24.0 Å². The molecule has 0 saturated heterocycles. The number of benzene rings is 1. The van der Waals surface area contributed by atoms with E-state index < -0.39 is 0 Å². The molecule has 0 radical (unpaired) electrons. The molecule has 0 amide bonds. The zero-order chi connectivity index (χ0) is 17.7. The van der Waals surface area contributed by atoms with Crippen LogP contribution >= 0.6 is 24.0 Å². The summed E-state index contributed by atoms with van der Waals surface area (Å²) in [6.07, 6.45) is 0. The number of nitrogens with zero attached hydrogens (tertiary/aromatic N) is 2. The first kappa shape index (κ1) is 21.4. The summed E-state index contributed by atoms with van der Waals surface area (Å²) in [6.45, 7) is 8.33. The lowest BCUT2D eigenvalue weighted by atomic mass is 10.1. The van der Waals surface area contributed by atoms with Crippen molar-refractivity contribution in [3.05, 3.63) is 52.7 Å². The van der Waals surface area contributed by atoms with E-state index in [1.54, 1.807) is 26.1 Å². The maximum absolute atomic E-state index is 13.7. The minimum absolute atomic E-state index is 0. The smallest absolute Gasteiger partial charge is 0.191 e. The van der Waals surface area contributed by atoms with E-state index in [-0.39, 0.29) is 35.8 Å². The Balaban J connectivity index is 0.00000312. The molecule has 2 N–H and O–H groups in total. The molecule has 0 aliphatic carbocycles. The minimum atomic E-state index is -0.202. The molecular weight excluding hydrogens is 434 g/mol. The number of aryl methyl sites for hydroxylation is 1. The zero-order valence-corrected chi connectivity index (χ0v) is 17.6. The van der Waals surface area contributed by atoms with Gasteiger partial charge in [0, 0.05) is 13.1 Å². The molecule has 2 aromatic rings. The quantitative estimate of drug-likeness (QED) is 0.397. The summed E-state index contributed by atoms with van der Waals surface area (Å²) in [5, 5.41) is 10.4. The second kappa shape index (κ2) is 9.74. The fraction of sp³-hybridized carbons (Fsp3) is 0.444. The van der Waals surface area contributed by atoms with Gasteiger partial charge in [-0.05, 0) is 37.0 Å². The Morgan fingerprint density at radius 1 is 1.28 bits per heavy atom. The van der Waals surface area contributed by atoms with Crippen molar-refractivity contribution in [1.29, 1.82) is 0 Å². The second-order valence-corrected chi connectivity index (χ2v) is 6.17. The highest BCUT2D eigenvalue weighted by Gasteiger charge is 2.11. The first-order chi connectivity index (χ1) is 11.4. The SMILES string of the molecule is CN=C(NCc1cc(C(C)C)no1)NC(C)c1ccc(C)c(F)c1.I. The predicted octanol–water partition coefficient (Wildman–Crippen LogP) is 4.29. The van der Waals surface area contributed by atoms with Crippen molar-refractivity contribution < 1.29 is 8.91 Å². The zero-order valence-electron chi connectivity index (χ0n) is 15.3. The fourth-order valence-electron chi connectivity index (χ4n) is 2.22. The lowest BCUT2D eigenvalue weighted by Crippen LogP contribution is -2.38. The molecule has 0 saturated carbocycles. The number of aliphatic imine (C=N–C) groups is 1. The van der Waals surface area contributed by atoms with Crippen molar-refractivity contribution in [1.82, 2.24) is 15.8 Å². The van der Waals surface area contributed by atoms with E-state index in [9.17, 15) is 4.39 Å². The maximum Gasteiger partial charge on any atom is 0.191 e. The number of aromatic nitrogens is 1. The van der Waals surface area contributed by atoms with E-state index in [0.717, 1.165) is 17.0 Å². The number of nitrogens with one attached hydrogen (secondary N) is 2. The van der Waals surface area contributed by atoms with E-state index in [1.807, 2.05) is 19.1 Å². The summed E-state index contributed by atoms with van der Waals surface area (Å²) in [5.41, 5.74) is 2.43. The number of hydrogen-bond donors (Lipinski definition) is 2. The summed E-state index contributed by atoms with van der Waals surface area (Å²) >= 11 is 0. The number of guanidine groups is 1. The monoisotopic (exact) mass is 460 g/mol. The number of halogens is 2. The highest BCUT2D eigenvalue weighted by atomic mass is 127. The Morgan fingerprint density at radius 3 is 2.56 bits per heavy atom. The molecule has 1 unspecified atom stereocenters. The van der Waals surface area contributed by atoms with Crippen LogP contribution in [0, 0.1) is 12.7 Å². The van der Waals surface area contributed by atoms with Gasteiger partial charge in [0.2, 0.25) is 0 Å². The Hall–Kier alpha value is -1.64. The van der Waals surface area contributed by atoms with Gasteiger partial charge in [0.05, 0.1) is 18.3 Å². The van der Waals surface area contributed by atoms with Crippen molar-refractivity contribution >= 4 is 29.9 Å². The summed E-state index contributed by atoms with van der Waals surface area (Å²) in [7, 11) is 1.69.